The Balaban J connectivity index is 1.87. The lowest BCUT2D eigenvalue weighted by molar-refractivity contribution is 0.359. The van der Waals surface area contributed by atoms with Crippen molar-refractivity contribution in [3.8, 4) is 0 Å². The van der Waals surface area contributed by atoms with E-state index < -0.39 is 0 Å². The molecule has 0 aliphatic carbocycles. The predicted octanol–water partition coefficient (Wildman–Crippen LogP) is 2.56. The molecule has 0 aromatic rings. The summed E-state index contributed by atoms with van der Waals surface area (Å²) in [7, 11) is 0. The zero-order valence-corrected chi connectivity index (χ0v) is 6.81. The zero-order valence-electron chi connectivity index (χ0n) is 6.81. The Hall–Kier alpha value is -0.0400. The average molecular weight is 141 g/mol. The summed E-state index contributed by atoms with van der Waals surface area (Å²) in [5, 5.41) is 0. The van der Waals surface area contributed by atoms with E-state index in [1.165, 1.54) is 25.7 Å². The second-order valence-electron chi connectivity index (χ2n) is 3.00. The maximum Gasteiger partial charge on any atom is 0.0841 e. The summed E-state index contributed by atoms with van der Waals surface area (Å²) in [6.45, 7) is 6.03. The third-order valence-corrected chi connectivity index (χ3v) is 2.06. The lowest BCUT2D eigenvalue weighted by Gasteiger charge is -1.92. The van der Waals surface area contributed by atoms with E-state index >= 15 is 0 Å². The fraction of sp³-hybridized carbons (Fsp3) is 0.889. The molecule has 2 unspecified atom stereocenters. The van der Waals surface area contributed by atoms with E-state index in [0.29, 0.717) is 12.2 Å². The minimum absolute atomic E-state index is 0.511. The highest BCUT2D eigenvalue weighted by Crippen LogP contribution is 2.29. The van der Waals surface area contributed by atoms with E-state index in [4.69, 9.17) is 4.74 Å². The van der Waals surface area contributed by atoms with E-state index in [1.807, 2.05) is 0 Å². The van der Waals surface area contributed by atoms with Crippen molar-refractivity contribution in [3.05, 3.63) is 6.92 Å². The van der Waals surface area contributed by atoms with Gasteiger partial charge in [0.25, 0.3) is 0 Å². The molecule has 59 valence electrons. The average Bonchev–Trinajstić information content (AvgIpc) is 2.68. The van der Waals surface area contributed by atoms with Gasteiger partial charge in [-0.05, 0) is 12.8 Å². The second-order valence-corrected chi connectivity index (χ2v) is 3.00. The van der Waals surface area contributed by atoms with Crippen LogP contribution in [0.15, 0.2) is 0 Å². The molecule has 1 heterocycles. The van der Waals surface area contributed by atoms with Crippen LogP contribution < -0.4 is 0 Å². The summed E-state index contributed by atoms with van der Waals surface area (Å²) < 4.78 is 5.35. The Kier molecular flexibility index (Phi) is 3.20. The van der Waals surface area contributed by atoms with Crippen LogP contribution in [-0.4, -0.2) is 12.2 Å². The van der Waals surface area contributed by atoms with Crippen LogP contribution >= 0.6 is 0 Å². The molecule has 1 heteroatoms. The molecule has 2 atom stereocenters. The molecule has 0 bridgehead atoms. The lowest BCUT2D eigenvalue weighted by atomic mass is 10.1. The predicted molar refractivity (Wildman–Crippen MR) is 42.8 cm³/mol. The maximum atomic E-state index is 5.35. The van der Waals surface area contributed by atoms with E-state index in [9.17, 15) is 0 Å². The molecule has 0 aromatic heterocycles. The number of hydrogen-bond donors (Lipinski definition) is 0. The molecule has 1 nitrogen and oxygen atoms in total. The third-order valence-electron chi connectivity index (χ3n) is 2.06. The van der Waals surface area contributed by atoms with Gasteiger partial charge >= 0.3 is 0 Å². The Labute approximate surface area is 63.8 Å². The van der Waals surface area contributed by atoms with Crippen molar-refractivity contribution in [2.45, 2.75) is 51.2 Å². The molecule has 0 amide bonds. The SMILES string of the molecule is [CH2]CC1OC1CCCCC. The first kappa shape index (κ1) is 8.06. The topological polar surface area (TPSA) is 12.5 Å². The van der Waals surface area contributed by atoms with E-state index in [-0.39, 0.29) is 0 Å². The summed E-state index contributed by atoms with van der Waals surface area (Å²) in [6, 6.07) is 0. The van der Waals surface area contributed by atoms with Crippen LogP contribution in [0, 0.1) is 6.92 Å². The summed E-state index contributed by atoms with van der Waals surface area (Å²) in [5.74, 6) is 0. The zero-order chi connectivity index (χ0) is 7.40. The highest BCUT2D eigenvalue weighted by molar-refractivity contribution is 4.84. The van der Waals surface area contributed by atoms with Crippen LogP contribution in [0.5, 0.6) is 0 Å². The van der Waals surface area contributed by atoms with Crippen LogP contribution in [0.1, 0.15) is 39.0 Å². The monoisotopic (exact) mass is 141 g/mol. The van der Waals surface area contributed by atoms with Gasteiger partial charge in [-0.25, -0.2) is 0 Å². The quantitative estimate of drug-likeness (QED) is 0.423. The van der Waals surface area contributed by atoms with Gasteiger partial charge in [-0.3, -0.25) is 0 Å². The minimum Gasteiger partial charge on any atom is -0.370 e. The van der Waals surface area contributed by atoms with Gasteiger partial charge in [-0.2, -0.15) is 0 Å². The van der Waals surface area contributed by atoms with Gasteiger partial charge in [0.2, 0.25) is 0 Å². The van der Waals surface area contributed by atoms with Gasteiger partial charge in [0.05, 0.1) is 12.2 Å². The van der Waals surface area contributed by atoms with Crippen molar-refractivity contribution < 1.29 is 4.74 Å². The Morgan fingerprint density at radius 1 is 1.30 bits per heavy atom. The van der Waals surface area contributed by atoms with Crippen molar-refractivity contribution in [1.29, 1.82) is 0 Å². The van der Waals surface area contributed by atoms with Crippen molar-refractivity contribution >= 4 is 0 Å². The van der Waals surface area contributed by atoms with E-state index in [0.717, 1.165) is 6.42 Å². The summed E-state index contributed by atoms with van der Waals surface area (Å²) in [4.78, 5) is 0. The minimum atomic E-state index is 0.511. The fourth-order valence-corrected chi connectivity index (χ4v) is 1.28. The van der Waals surface area contributed by atoms with Crippen molar-refractivity contribution in [2.75, 3.05) is 0 Å². The number of ether oxygens (including phenoxy) is 1. The molecule has 1 radical (unpaired) electrons. The number of epoxide rings is 1. The molecule has 0 aromatic carbocycles. The molecule has 10 heavy (non-hydrogen) atoms. The molecule has 1 aliphatic heterocycles. The van der Waals surface area contributed by atoms with Gasteiger partial charge < -0.3 is 4.74 Å². The molecule has 0 saturated carbocycles. The largest absolute Gasteiger partial charge is 0.370 e. The summed E-state index contributed by atoms with van der Waals surface area (Å²) in [5.41, 5.74) is 0. The Morgan fingerprint density at radius 2 is 2.10 bits per heavy atom. The Bertz CT molecular complexity index is 90.7. The number of hydrogen-bond acceptors (Lipinski definition) is 1. The van der Waals surface area contributed by atoms with Gasteiger partial charge in [0.15, 0.2) is 0 Å². The first-order valence-electron chi connectivity index (χ1n) is 4.33. The van der Waals surface area contributed by atoms with Crippen molar-refractivity contribution in [1.82, 2.24) is 0 Å². The molecule has 1 aliphatic rings. The Morgan fingerprint density at radius 3 is 2.60 bits per heavy atom. The second kappa shape index (κ2) is 3.97. The van der Waals surface area contributed by atoms with Crippen LogP contribution in [0.25, 0.3) is 0 Å². The summed E-state index contributed by atoms with van der Waals surface area (Å²) >= 11 is 0. The van der Waals surface area contributed by atoms with E-state index in [2.05, 4.69) is 13.8 Å². The highest BCUT2D eigenvalue weighted by Gasteiger charge is 2.35. The molecular formula is C9H17O. The van der Waals surface area contributed by atoms with Gasteiger partial charge in [-0.15, -0.1) is 0 Å². The molecule has 1 fully saturated rings. The lowest BCUT2D eigenvalue weighted by Crippen LogP contribution is -1.91. The van der Waals surface area contributed by atoms with Gasteiger partial charge in [0, 0.05) is 0 Å². The van der Waals surface area contributed by atoms with Gasteiger partial charge in [-0.1, -0.05) is 33.1 Å². The van der Waals surface area contributed by atoms with E-state index in [1.54, 1.807) is 0 Å². The van der Waals surface area contributed by atoms with Crippen LogP contribution in [0.3, 0.4) is 0 Å². The first-order chi connectivity index (χ1) is 4.88. The molecular weight excluding hydrogens is 124 g/mol. The molecule has 0 N–H and O–H groups in total. The van der Waals surface area contributed by atoms with Crippen LogP contribution in [-0.2, 0) is 4.74 Å². The third kappa shape index (κ3) is 2.30. The van der Waals surface area contributed by atoms with Crippen molar-refractivity contribution in [3.63, 3.8) is 0 Å². The smallest absolute Gasteiger partial charge is 0.0841 e. The van der Waals surface area contributed by atoms with Gasteiger partial charge in [0.1, 0.15) is 0 Å². The molecule has 0 spiro atoms. The first-order valence-corrected chi connectivity index (χ1v) is 4.33. The highest BCUT2D eigenvalue weighted by atomic mass is 16.6. The normalized spacial score (nSPS) is 30.6. The summed E-state index contributed by atoms with van der Waals surface area (Å²) in [6.07, 6.45) is 7.29. The van der Waals surface area contributed by atoms with Crippen molar-refractivity contribution in [2.24, 2.45) is 0 Å². The van der Waals surface area contributed by atoms with Crippen LogP contribution in [0.4, 0.5) is 0 Å². The maximum absolute atomic E-state index is 5.35. The molecule has 1 saturated heterocycles. The number of unbranched alkanes of at least 4 members (excludes halogenated alkanes) is 2. The van der Waals surface area contributed by atoms with Crippen LogP contribution in [0.2, 0.25) is 0 Å². The number of rotatable bonds is 5. The molecule has 1 rings (SSSR count). The fourth-order valence-electron chi connectivity index (χ4n) is 1.28. The standard InChI is InChI=1S/C9H17O/c1-3-5-6-7-9-8(4-2)10-9/h8-9H,2-7H2,1H3.